The Morgan fingerprint density at radius 2 is 1.90 bits per heavy atom. The van der Waals surface area contributed by atoms with Crippen molar-refractivity contribution in [3.63, 3.8) is 0 Å². The maximum absolute atomic E-state index is 13.7. The van der Waals surface area contributed by atoms with Gasteiger partial charge in [0.2, 0.25) is 0 Å². The van der Waals surface area contributed by atoms with Crippen molar-refractivity contribution in [1.29, 1.82) is 0 Å². The highest BCUT2D eigenvalue weighted by Crippen LogP contribution is 2.21. The highest BCUT2D eigenvalue weighted by molar-refractivity contribution is 6.30. The molecule has 2 rings (SSSR count). The van der Waals surface area contributed by atoms with Gasteiger partial charge in [-0.1, -0.05) is 29.8 Å². The van der Waals surface area contributed by atoms with Crippen molar-refractivity contribution in [2.24, 2.45) is 0 Å². The standard InChI is InChI=1S/C15H13ClF2N2O/c1-20(8-9-4-2-3-5-14(9)19)15(21)10-6-13(18)11(16)7-12(10)17/h2-7H,8,19H2,1H3. The molecule has 0 fully saturated rings. The number of nitrogens with two attached hydrogens (primary N) is 1. The maximum Gasteiger partial charge on any atom is 0.256 e. The molecular formula is C15H13ClF2N2O. The molecule has 0 heterocycles. The van der Waals surface area contributed by atoms with E-state index in [4.69, 9.17) is 17.3 Å². The molecule has 0 spiro atoms. The lowest BCUT2D eigenvalue weighted by atomic mass is 10.1. The van der Waals surface area contributed by atoms with Crippen molar-refractivity contribution in [1.82, 2.24) is 4.90 Å². The van der Waals surface area contributed by atoms with Crippen LogP contribution in [-0.4, -0.2) is 17.9 Å². The van der Waals surface area contributed by atoms with Gasteiger partial charge in [0.1, 0.15) is 11.6 Å². The molecule has 0 radical (unpaired) electrons. The Kier molecular flexibility index (Phi) is 4.43. The minimum absolute atomic E-state index is 0.190. The molecule has 6 heteroatoms. The SMILES string of the molecule is CN(Cc1ccccc1N)C(=O)c1cc(F)c(Cl)cc1F. The molecule has 0 bridgehead atoms. The van der Waals surface area contributed by atoms with Gasteiger partial charge in [0.25, 0.3) is 5.91 Å². The van der Waals surface area contributed by atoms with E-state index in [-0.39, 0.29) is 17.1 Å². The number of amides is 1. The summed E-state index contributed by atoms with van der Waals surface area (Å²) >= 11 is 5.46. The first-order chi connectivity index (χ1) is 9.90. The zero-order valence-electron chi connectivity index (χ0n) is 11.2. The fourth-order valence-electron chi connectivity index (χ4n) is 1.90. The normalized spacial score (nSPS) is 10.5. The molecule has 3 nitrogen and oxygen atoms in total. The zero-order valence-corrected chi connectivity index (χ0v) is 12.0. The van der Waals surface area contributed by atoms with Crippen molar-refractivity contribution in [3.8, 4) is 0 Å². The van der Waals surface area contributed by atoms with E-state index in [1.54, 1.807) is 24.3 Å². The van der Waals surface area contributed by atoms with Gasteiger partial charge >= 0.3 is 0 Å². The van der Waals surface area contributed by atoms with Gasteiger partial charge in [-0.25, -0.2) is 8.78 Å². The van der Waals surface area contributed by atoms with Crippen LogP contribution in [-0.2, 0) is 6.54 Å². The van der Waals surface area contributed by atoms with Crippen molar-refractivity contribution < 1.29 is 13.6 Å². The molecule has 0 saturated carbocycles. The van der Waals surface area contributed by atoms with E-state index < -0.39 is 17.5 Å². The fourth-order valence-corrected chi connectivity index (χ4v) is 2.05. The molecule has 0 aromatic heterocycles. The summed E-state index contributed by atoms with van der Waals surface area (Å²) in [6.45, 7) is 0.190. The second-order valence-corrected chi connectivity index (χ2v) is 5.01. The fraction of sp³-hybridized carbons (Fsp3) is 0.133. The summed E-state index contributed by atoms with van der Waals surface area (Å²) in [4.78, 5) is 13.4. The Bertz CT molecular complexity index is 691. The second kappa shape index (κ2) is 6.10. The number of halogens is 3. The third-order valence-electron chi connectivity index (χ3n) is 3.05. The van der Waals surface area contributed by atoms with Gasteiger partial charge in [-0.15, -0.1) is 0 Å². The van der Waals surface area contributed by atoms with E-state index in [0.29, 0.717) is 5.69 Å². The molecule has 0 aliphatic carbocycles. The van der Waals surface area contributed by atoms with Crippen LogP contribution < -0.4 is 5.73 Å². The number of para-hydroxylation sites is 1. The molecule has 0 saturated heterocycles. The topological polar surface area (TPSA) is 46.3 Å². The predicted octanol–water partition coefficient (Wildman–Crippen LogP) is 3.47. The van der Waals surface area contributed by atoms with Crippen LogP contribution >= 0.6 is 11.6 Å². The summed E-state index contributed by atoms with van der Waals surface area (Å²) in [6, 6.07) is 8.61. The minimum atomic E-state index is -0.862. The quantitative estimate of drug-likeness (QED) is 0.697. The molecule has 2 N–H and O–H groups in total. The van der Waals surface area contributed by atoms with Crippen LogP contribution in [0.25, 0.3) is 0 Å². The van der Waals surface area contributed by atoms with Crippen LogP contribution in [0.3, 0.4) is 0 Å². The van der Waals surface area contributed by atoms with Crippen molar-refractivity contribution in [2.75, 3.05) is 12.8 Å². The van der Waals surface area contributed by atoms with Gasteiger partial charge in [0.15, 0.2) is 0 Å². The lowest BCUT2D eigenvalue weighted by Crippen LogP contribution is -2.27. The van der Waals surface area contributed by atoms with Crippen LogP contribution in [0.15, 0.2) is 36.4 Å². The minimum Gasteiger partial charge on any atom is -0.398 e. The lowest BCUT2D eigenvalue weighted by molar-refractivity contribution is 0.0780. The number of nitrogens with zero attached hydrogens (tertiary/aromatic N) is 1. The Balaban J connectivity index is 2.24. The van der Waals surface area contributed by atoms with Crippen LogP contribution in [0.1, 0.15) is 15.9 Å². The Morgan fingerprint density at radius 1 is 1.24 bits per heavy atom. The molecule has 1 amide bonds. The number of anilines is 1. The third-order valence-corrected chi connectivity index (χ3v) is 3.34. The molecule has 0 aliphatic rings. The van der Waals surface area contributed by atoms with Gasteiger partial charge in [-0.3, -0.25) is 4.79 Å². The smallest absolute Gasteiger partial charge is 0.256 e. The van der Waals surface area contributed by atoms with Crippen LogP contribution in [0.4, 0.5) is 14.5 Å². The summed E-state index contributed by atoms with van der Waals surface area (Å²) in [5, 5.41) is -0.362. The molecule has 2 aromatic carbocycles. The summed E-state index contributed by atoms with van der Waals surface area (Å²) in [6.07, 6.45) is 0. The highest BCUT2D eigenvalue weighted by Gasteiger charge is 2.19. The van der Waals surface area contributed by atoms with Crippen LogP contribution in [0.5, 0.6) is 0 Å². The number of hydrogen-bond acceptors (Lipinski definition) is 2. The van der Waals surface area contributed by atoms with Gasteiger partial charge in [0, 0.05) is 19.3 Å². The Hall–Kier alpha value is -2.14. The van der Waals surface area contributed by atoms with Gasteiger partial charge < -0.3 is 10.6 Å². The molecule has 0 aliphatic heterocycles. The third kappa shape index (κ3) is 3.31. The second-order valence-electron chi connectivity index (χ2n) is 4.61. The summed E-state index contributed by atoms with van der Waals surface area (Å²) in [5.41, 5.74) is 6.68. The number of hydrogen-bond donors (Lipinski definition) is 1. The largest absolute Gasteiger partial charge is 0.398 e. The predicted molar refractivity (Wildman–Crippen MR) is 78.0 cm³/mol. The summed E-state index contributed by atoms with van der Waals surface area (Å²) in [7, 11) is 1.49. The number of nitrogen functional groups attached to an aromatic ring is 1. The molecular weight excluding hydrogens is 298 g/mol. The average molecular weight is 311 g/mol. The molecule has 21 heavy (non-hydrogen) atoms. The van der Waals surface area contributed by atoms with E-state index in [0.717, 1.165) is 17.7 Å². The first kappa shape index (κ1) is 15.3. The highest BCUT2D eigenvalue weighted by atomic mass is 35.5. The van der Waals surface area contributed by atoms with Gasteiger partial charge in [-0.05, 0) is 23.8 Å². The van der Waals surface area contributed by atoms with E-state index >= 15 is 0 Å². The lowest BCUT2D eigenvalue weighted by Gasteiger charge is -2.19. The van der Waals surface area contributed by atoms with E-state index in [1.807, 2.05) is 0 Å². The molecule has 0 atom stereocenters. The molecule has 0 unspecified atom stereocenters. The first-order valence-electron chi connectivity index (χ1n) is 6.13. The number of carbonyl (C=O) groups excluding carboxylic acids is 1. The zero-order chi connectivity index (χ0) is 15.6. The van der Waals surface area contributed by atoms with Gasteiger partial charge in [0.05, 0.1) is 10.6 Å². The summed E-state index contributed by atoms with van der Waals surface area (Å²) < 4.78 is 27.1. The average Bonchev–Trinajstić information content (AvgIpc) is 2.44. The van der Waals surface area contributed by atoms with E-state index in [9.17, 15) is 13.6 Å². The van der Waals surface area contributed by atoms with Crippen LogP contribution in [0.2, 0.25) is 5.02 Å². The first-order valence-corrected chi connectivity index (χ1v) is 6.51. The number of benzene rings is 2. The number of rotatable bonds is 3. The van der Waals surface area contributed by atoms with Crippen molar-refractivity contribution >= 4 is 23.2 Å². The van der Waals surface area contributed by atoms with Crippen molar-refractivity contribution in [2.45, 2.75) is 6.54 Å². The monoisotopic (exact) mass is 310 g/mol. The summed E-state index contributed by atoms with van der Waals surface area (Å²) in [5.74, 6) is -2.35. The maximum atomic E-state index is 13.7. The Morgan fingerprint density at radius 3 is 2.57 bits per heavy atom. The van der Waals surface area contributed by atoms with Gasteiger partial charge in [-0.2, -0.15) is 0 Å². The van der Waals surface area contributed by atoms with Crippen LogP contribution in [0, 0.1) is 11.6 Å². The Labute approximate surface area is 125 Å². The number of carbonyl (C=O) groups is 1. The van der Waals surface area contributed by atoms with E-state index in [2.05, 4.69) is 0 Å². The molecule has 2 aromatic rings. The van der Waals surface area contributed by atoms with Crippen molar-refractivity contribution in [3.05, 3.63) is 64.2 Å². The molecule has 110 valence electrons. The van der Waals surface area contributed by atoms with E-state index in [1.165, 1.54) is 11.9 Å².